The molecule has 1 aliphatic rings. The Morgan fingerprint density at radius 1 is 1.20 bits per heavy atom. The van der Waals surface area contributed by atoms with Gasteiger partial charge in [-0.25, -0.2) is 0 Å². The van der Waals surface area contributed by atoms with Crippen LogP contribution < -0.4 is 10.6 Å². The molecule has 2 amide bonds. The van der Waals surface area contributed by atoms with Gasteiger partial charge in [0.25, 0.3) is 5.91 Å². The Morgan fingerprint density at radius 3 is 2.63 bits per heavy atom. The topological polar surface area (TPSA) is 95.5 Å². The highest BCUT2D eigenvalue weighted by atomic mass is 32.1. The normalized spacial score (nSPS) is 16.4. The number of aliphatic carboxylic acids is 1. The molecule has 2 atom stereocenters. The number of carboxylic acids is 1. The maximum atomic E-state index is 13.1. The lowest BCUT2D eigenvalue weighted by Crippen LogP contribution is -2.26. The minimum atomic E-state index is -0.920. The summed E-state index contributed by atoms with van der Waals surface area (Å²) < 4.78 is 0. The van der Waals surface area contributed by atoms with E-state index in [1.165, 1.54) is 11.3 Å². The molecule has 0 unspecified atom stereocenters. The van der Waals surface area contributed by atoms with E-state index in [9.17, 15) is 14.4 Å². The molecule has 0 bridgehead atoms. The molecule has 0 spiro atoms. The Morgan fingerprint density at radius 2 is 1.93 bits per heavy atom. The molecule has 2 aromatic rings. The molecule has 1 aromatic carbocycles. The average Bonchev–Trinajstić information content (AvgIpc) is 3.02. The van der Waals surface area contributed by atoms with Crippen molar-refractivity contribution in [2.75, 3.05) is 5.32 Å². The van der Waals surface area contributed by atoms with Crippen molar-refractivity contribution in [2.45, 2.75) is 52.5 Å². The lowest BCUT2D eigenvalue weighted by atomic mass is 9.88. The van der Waals surface area contributed by atoms with Crippen molar-refractivity contribution in [1.82, 2.24) is 5.32 Å². The molecule has 0 radical (unpaired) electrons. The summed E-state index contributed by atoms with van der Waals surface area (Å²) in [6.45, 7) is 4.36. The molecular formula is C23H28N2O4S. The van der Waals surface area contributed by atoms with E-state index in [4.69, 9.17) is 5.11 Å². The van der Waals surface area contributed by atoms with Crippen LogP contribution in [0.4, 0.5) is 5.00 Å². The summed E-state index contributed by atoms with van der Waals surface area (Å²) in [5.74, 6) is -1.08. The molecule has 30 heavy (non-hydrogen) atoms. The van der Waals surface area contributed by atoms with Crippen LogP contribution in [-0.2, 0) is 29.0 Å². The smallest absolute Gasteiger partial charge is 0.303 e. The van der Waals surface area contributed by atoms with Crippen molar-refractivity contribution in [3.05, 3.63) is 51.9 Å². The number of thiophene rings is 1. The molecule has 0 saturated carbocycles. The number of rotatable bonds is 8. The Kier molecular flexibility index (Phi) is 7.26. The molecule has 7 heteroatoms. The summed E-state index contributed by atoms with van der Waals surface area (Å²) in [7, 11) is 0. The number of hydrogen-bond donors (Lipinski definition) is 3. The first-order chi connectivity index (χ1) is 14.3. The molecule has 6 nitrogen and oxygen atoms in total. The van der Waals surface area contributed by atoms with Crippen LogP contribution in [0, 0.1) is 11.8 Å². The first kappa shape index (κ1) is 22.0. The van der Waals surface area contributed by atoms with Crippen molar-refractivity contribution in [2.24, 2.45) is 11.8 Å². The number of anilines is 1. The van der Waals surface area contributed by atoms with Gasteiger partial charge in [0.2, 0.25) is 5.91 Å². The van der Waals surface area contributed by atoms with Gasteiger partial charge >= 0.3 is 5.97 Å². The van der Waals surface area contributed by atoms with E-state index in [0.717, 1.165) is 35.3 Å². The third-order valence-corrected chi connectivity index (χ3v) is 6.51. The van der Waals surface area contributed by atoms with Gasteiger partial charge in [-0.15, -0.1) is 11.3 Å². The summed E-state index contributed by atoms with van der Waals surface area (Å²) in [6.07, 6.45) is 2.80. The third kappa shape index (κ3) is 5.69. The van der Waals surface area contributed by atoms with Gasteiger partial charge in [-0.2, -0.15) is 0 Å². The molecule has 1 aliphatic carbocycles. The van der Waals surface area contributed by atoms with Crippen LogP contribution in [-0.4, -0.2) is 22.9 Å². The lowest BCUT2D eigenvalue weighted by molar-refractivity contribution is -0.138. The van der Waals surface area contributed by atoms with Gasteiger partial charge in [-0.1, -0.05) is 44.2 Å². The minimum absolute atomic E-state index is 0.0592. The number of amides is 2. The highest BCUT2D eigenvalue weighted by Gasteiger charge is 2.28. The van der Waals surface area contributed by atoms with Crippen LogP contribution in [0.3, 0.4) is 0 Å². The van der Waals surface area contributed by atoms with Gasteiger partial charge in [0.15, 0.2) is 0 Å². The van der Waals surface area contributed by atoms with E-state index in [1.807, 2.05) is 30.3 Å². The molecule has 160 valence electrons. The number of carbonyl (C=O) groups is 3. The van der Waals surface area contributed by atoms with E-state index in [1.54, 1.807) is 6.92 Å². The van der Waals surface area contributed by atoms with Crippen LogP contribution in [0.15, 0.2) is 30.3 Å². The fourth-order valence-electron chi connectivity index (χ4n) is 3.81. The van der Waals surface area contributed by atoms with Crippen molar-refractivity contribution in [3.63, 3.8) is 0 Å². The number of benzene rings is 1. The van der Waals surface area contributed by atoms with Gasteiger partial charge in [-0.05, 0) is 42.2 Å². The zero-order valence-corrected chi connectivity index (χ0v) is 18.2. The van der Waals surface area contributed by atoms with E-state index >= 15 is 0 Å². The highest BCUT2D eigenvalue weighted by Crippen LogP contribution is 2.39. The maximum absolute atomic E-state index is 13.1. The number of nitrogens with one attached hydrogen (secondary N) is 2. The predicted octanol–water partition coefficient (Wildman–Crippen LogP) is 4.24. The van der Waals surface area contributed by atoms with Crippen LogP contribution in [0.25, 0.3) is 0 Å². The fourth-order valence-corrected chi connectivity index (χ4v) is 5.23. The van der Waals surface area contributed by atoms with Crippen molar-refractivity contribution in [3.8, 4) is 0 Å². The summed E-state index contributed by atoms with van der Waals surface area (Å²) in [5.41, 5.74) is 2.62. The Bertz CT molecular complexity index is 923. The average molecular weight is 429 g/mol. The number of carbonyl (C=O) groups excluding carboxylic acids is 2. The molecule has 1 aromatic heterocycles. The zero-order valence-electron chi connectivity index (χ0n) is 17.4. The number of hydrogen-bond acceptors (Lipinski definition) is 4. The van der Waals surface area contributed by atoms with Crippen molar-refractivity contribution in [1.29, 1.82) is 0 Å². The van der Waals surface area contributed by atoms with Crippen molar-refractivity contribution >= 4 is 34.1 Å². The van der Waals surface area contributed by atoms with E-state index in [-0.39, 0.29) is 30.6 Å². The predicted molar refractivity (Wildman–Crippen MR) is 118 cm³/mol. The number of fused-ring (bicyclic) bond motifs is 1. The standard InChI is InChI=1S/C23H28N2O4S/c1-14-8-9-17-18(10-14)30-23(25-19(26)11-15(2)12-20(27)28)21(17)22(29)24-13-16-6-4-3-5-7-16/h3-7,14-15H,8-13H2,1-2H3,(H,24,29)(H,25,26)(H,27,28)/t14-,15+/m0/s1. The Labute approximate surface area is 180 Å². The fraction of sp³-hybridized carbons (Fsp3) is 0.435. The van der Waals surface area contributed by atoms with Gasteiger partial charge in [0.05, 0.1) is 5.56 Å². The minimum Gasteiger partial charge on any atom is -0.481 e. The SMILES string of the molecule is C[C@@H](CC(=O)O)CC(=O)Nc1sc2c(c1C(=O)NCc1ccccc1)CC[C@H](C)C2. The van der Waals surface area contributed by atoms with Gasteiger partial charge < -0.3 is 15.7 Å². The molecule has 0 saturated heterocycles. The summed E-state index contributed by atoms with van der Waals surface area (Å²) in [5, 5.41) is 15.4. The second-order valence-electron chi connectivity index (χ2n) is 8.18. The first-order valence-electron chi connectivity index (χ1n) is 10.3. The monoisotopic (exact) mass is 428 g/mol. The van der Waals surface area contributed by atoms with Crippen LogP contribution >= 0.6 is 11.3 Å². The molecule has 3 rings (SSSR count). The second kappa shape index (κ2) is 9.89. The zero-order chi connectivity index (χ0) is 21.7. The third-order valence-electron chi connectivity index (χ3n) is 5.34. The van der Waals surface area contributed by atoms with Gasteiger partial charge in [-0.3, -0.25) is 14.4 Å². The molecule has 0 aliphatic heterocycles. The first-order valence-corrected chi connectivity index (χ1v) is 11.1. The number of carboxylic acid groups (broad SMARTS) is 1. The highest BCUT2D eigenvalue weighted by molar-refractivity contribution is 7.17. The van der Waals surface area contributed by atoms with E-state index < -0.39 is 5.97 Å². The van der Waals surface area contributed by atoms with Crippen molar-refractivity contribution < 1.29 is 19.5 Å². The summed E-state index contributed by atoms with van der Waals surface area (Å²) in [6, 6.07) is 9.70. The summed E-state index contributed by atoms with van der Waals surface area (Å²) in [4.78, 5) is 37.6. The Balaban J connectivity index is 1.77. The summed E-state index contributed by atoms with van der Waals surface area (Å²) >= 11 is 1.48. The maximum Gasteiger partial charge on any atom is 0.303 e. The lowest BCUT2D eigenvalue weighted by Gasteiger charge is -2.18. The molecule has 0 fully saturated rings. The Hall–Kier alpha value is -2.67. The molecule has 3 N–H and O–H groups in total. The second-order valence-corrected chi connectivity index (χ2v) is 9.28. The van der Waals surface area contributed by atoms with E-state index in [2.05, 4.69) is 17.6 Å². The largest absolute Gasteiger partial charge is 0.481 e. The molecule has 1 heterocycles. The van der Waals surface area contributed by atoms with Gasteiger partial charge in [0, 0.05) is 24.3 Å². The van der Waals surface area contributed by atoms with E-state index in [0.29, 0.717) is 23.0 Å². The quantitative estimate of drug-likeness (QED) is 0.586. The van der Waals surface area contributed by atoms with Crippen LogP contribution in [0.1, 0.15) is 59.5 Å². The molecular weight excluding hydrogens is 400 g/mol. The van der Waals surface area contributed by atoms with Gasteiger partial charge in [0.1, 0.15) is 5.00 Å². The van der Waals surface area contributed by atoms with Crippen LogP contribution in [0.2, 0.25) is 0 Å². The van der Waals surface area contributed by atoms with Crippen LogP contribution in [0.5, 0.6) is 0 Å².